The number of alkyl halides is 3. The van der Waals surface area contributed by atoms with Gasteiger partial charge in [-0.1, -0.05) is 24.3 Å². The molecule has 1 N–H and O–H groups in total. The summed E-state index contributed by atoms with van der Waals surface area (Å²) in [6.45, 7) is 0.444. The largest absolute Gasteiger partial charge is 0.416 e. The predicted octanol–water partition coefficient (Wildman–Crippen LogP) is 3.70. The number of halogens is 3. The Morgan fingerprint density at radius 1 is 1.11 bits per heavy atom. The summed E-state index contributed by atoms with van der Waals surface area (Å²) in [5.74, 6) is -0.306. The van der Waals surface area contributed by atoms with Crippen molar-refractivity contribution in [2.75, 3.05) is 6.54 Å². The monoisotopic (exact) mass is 498 g/mol. The molecule has 8 nitrogen and oxygen atoms in total. The van der Waals surface area contributed by atoms with Crippen LogP contribution in [-0.4, -0.2) is 36.8 Å². The maximum atomic E-state index is 13.0. The molecule has 3 aromatic heterocycles. The van der Waals surface area contributed by atoms with Crippen LogP contribution in [0.5, 0.6) is 0 Å². The molecule has 3 heterocycles. The highest BCUT2D eigenvalue weighted by Crippen LogP contribution is 2.29. The zero-order valence-electron chi connectivity index (χ0n) is 18.0. The van der Waals surface area contributed by atoms with E-state index in [4.69, 9.17) is 0 Å². The average Bonchev–Trinajstić information content (AvgIpc) is 3.45. The molecule has 0 bridgehead atoms. The van der Waals surface area contributed by atoms with Gasteiger partial charge >= 0.3 is 6.18 Å². The highest BCUT2D eigenvalue weighted by molar-refractivity contribution is 7.20. The molecule has 0 aliphatic heterocycles. The van der Waals surface area contributed by atoms with Gasteiger partial charge in [-0.3, -0.25) is 14.2 Å². The minimum absolute atomic E-state index is 0.0604. The van der Waals surface area contributed by atoms with Crippen molar-refractivity contribution in [2.45, 2.75) is 19.3 Å². The summed E-state index contributed by atoms with van der Waals surface area (Å²) < 4.78 is 42.6. The van der Waals surface area contributed by atoms with Crippen LogP contribution in [0.1, 0.15) is 20.9 Å². The Balaban J connectivity index is 1.28. The second-order valence-electron chi connectivity index (χ2n) is 7.72. The van der Waals surface area contributed by atoms with Crippen molar-refractivity contribution in [3.05, 3.63) is 87.5 Å². The van der Waals surface area contributed by atoms with Gasteiger partial charge in [0.05, 0.1) is 35.1 Å². The highest BCUT2D eigenvalue weighted by Gasteiger charge is 2.30. The Bertz CT molecular complexity index is 1570. The lowest BCUT2D eigenvalue weighted by molar-refractivity contribution is -0.137. The van der Waals surface area contributed by atoms with E-state index >= 15 is 0 Å². The number of para-hydroxylation sites is 1. The first-order valence-corrected chi connectivity index (χ1v) is 11.3. The molecule has 0 fully saturated rings. The summed E-state index contributed by atoms with van der Waals surface area (Å²) >= 11 is 1.30. The number of fused-ring (bicyclic) bond motifs is 2. The first-order valence-electron chi connectivity index (χ1n) is 10.5. The van der Waals surface area contributed by atoms with Crippen molar-refractivity contribution in [3.63, 3.8) is 0 Å². The molecule has 0 aliphatic rings. The van der Waals surface area contributed by atoms with Gasteiger partial charge in [-0.2, -0.15) is 18.3 Å². The van der Waals surface area contributed by atoms with E-state index in [0.717, 1.165) is 22.3 Å². The van der Waals surface area contributed by atoms with Crippen molar-refractivity contribution in [2.24, 2.45) is 0 Å². The number of carbonyl (C=O) groups excluding carboxylic acids is 1. The Labute approximate surface area is 199 Å². The molecule has 0 saturated heterocycles. The van der Waals surface area contributed by atoms with Gasteiger partial charge in [0, 0.05) is 6.54 Å². The number of rotatable bonds is 6. The number of aromatic nitrogens is 5. The van der Waals surface area contributed by atoms with Crippen molar-refractivity contribution in [3.8, 4) is 0 Å². The SMILES string of the molecule is O=C(NCCn1ncc2c(=O)n(Cc3cccc(C(F)(F)F)c3)cnc21)c1nc2ccccc2s1. The minimum atomic E-state index is -4.47. The summed E-state index contributed by atoms with van der Waals surface area (Å²) in [7, 11) is 0. The molecule has 2 aromatic carbocycles. The Hall–Kier alpha value is -4.06. The number of benzene rings is 2. The first kappa shape index (κ1) is 22.7. The van der Waals surface area contributed by atoms with Crippen molar-refractivity contribution in [1.82, 2.24) is 29.6 Å². The van der Waals surface area contributed by atoms with Gasteiger partial charge in [0.1, 0.15) is 11.7 Å². The number of nitrogens with zero attached hydrogens (tertiary/aromatic N) is 5. The maximum Gasteiger partial charge on any atom is 0.416 e. The van der Waals surface area contributed by atoms with Gasteiger partial charge in [-0.15, -0.1) is 11.3 Å². The molecule has 0 radical (unpaired) electrons. The number of hydrogen-bond acceptors (Lipinski definition) is 6. The van der Waals surface area contributed by atoms with Crippen LogP contribution >= 0.6 is 11.3 Å². The molecule has 5 aromatic rings. The van der Waals surface area contributed by atoms with Crippen LogP contribution in [0.2, 0.25) is 0 Å². The van der Waals surface area contributed by atoms with Crippen molar-refractivity contribution in [1.29, 1.82) is 0 Å². The van der Waals surface area contributed by atoms with Gasteiger partial charge in [0.2, 0.25) is 0 Å². The lowest BCUT2D eigenvalue weighted by atomic mass is 10.1. The van der Waals surface area contributed by atoms with Gasteiger partial charge in [0.25, 0.3) is 11.5 Å². The Morgan fingerprint density at radius 2 is 1.94 bits per heavy atom. The molecule has 0 aliphatic carbocycles. The van der Waals surface area contributed by atoms with Crippen LogP contribution < -0.4 is 10.9 Å². The number of hydrogen-bond donors (Lipinski definition) is 1. The molecular formula is C23H17F3N6O2S. The smallest absolute Gasteiger partial charge is 0.348 e. The molecule has 178 valence electrons. The zero-order valence-corrected chi connectivity index (χ0v) is 18.8. The number of carbonyl (C=O) groups is 1. The molecule has 12 heteroatoms. The topological polar surface area (TPSA) is 94.7 Å². The van der Waals surface area contributed by atoms with Crippen molar-refractivity contribution < 1.29 is 18.0 Å². The van der Waals surface area contributed by atoms with Gasteiger partial charge in [-0.05, 0) is 29.8 Å². The fourth-order valence-corrected chi connectivity index (χ4v) is 4.52. The van der Waals surface area contributed by atoms with Crippen LogP contribution in [0, 0.1) is 0 Å². The highest BCUT2D eigenvalue weighted by atomic mass is 32.1. The van der Waals surface area contributed by atoms with E-state index in [0.29, 0.717) is 16.2 Å². The summed E-state index contributed by atoms with van der Waals surface area (Å²) in [5, 5.41) is 7.55. The normalized spacial score (nSPS) is 11.9. The van der Waals surface area contributed by atoms with E-state index < -0.39 is 17.3 Å². The molecule has 0 spiro atoms. The van der Waals surface area contributed by atoms with Crippen LogP contribution in [0.4, 0.5) is 13.2 Å². The van der Waals surface area contributed by atoms with Crippen LogP contribution in [0.15, 0.2) is 65.8 Å². The summed E-state index contributed by atoms with van der Waals surface area (Å²) in [6, 6.07) is 12.3. The van der Waals surface area contributed by atoms with Gasteiger partial charge in [0.15, 0.2) is 10.7 Å². The lowest BCUT2D eigenvalue weighted by Crippen LogP contribution is -2.27. The second-order valence-corrected chi connectivity index (χ2v) is 8.75. The van der Waals surface area contributed by atoms with E-state index in [1.54, 1.807) is 0 Å². The molecule has 35 heavy (non-hydrogen) atoms. The molecule has 0 unspecified atom stereocenters. The van der Waals surface area contributed by atoms with E-state index in [1.807, 2.05) is 24.3 Å². The minimum Gasteiger partial charge on any atom is -0.348 e. The summed E-state index contributed by atoms with van der Waals surface area (Å²) in [4.78, 5) is 33.9. The van der Waals surface area contributed by atoms with Crippen LogP contribution in [0.25, 0.3) is 21.3 Å². The standard InChI is InChI=1S/C23H17F3N6O2S/c24-23(25,26)15-5-3-4-14(10-15)12-31-13-28-19-16(22(31)34)11-29-32(19)9-8-27-20(33)21-30-17-6-1-2-7-18(17)35-21/h1-7,10-11,13H,8-9,12H2,(H,27,33). The second kappa shape index (κ2) is 8.95. The average molecular weight is 498 g/mol. The number of amides is 1. The van der Waals surface area contributed by atoms with E-state index in [-0.39, 0.29) is 30.9 Å². The Morgan fingerprint density at radius 3 is 2.74 bits per heavy atom. The number of thiazole rings is 1. The van der Waals surface area contributed by atoms with Gasteiger partial charge < -0.3 is 5.32 Å². The third kappa shape index (κ3) is 4.64. The number of nitrogens with one attached hydrogen (secondary N) is 1. The Kier molecular flexibility index (Phi) is 5.81. The van der Waals surface area contributed by atoms with E-state index in [9.17, 15) is 22.8 Å². The molecule has 0 saturated carbocycles. The quantitative estimate of drug-likeness (QED) is 0.385. The summed E-state index contributed by atoms with van der Waals surface area (Å²) in [6.07, 6.45) is -1.82. The summed E-state index contributed by atoms with van der Waals surface area (Å²) in [5.41, 5.74) is 0.207. The zero-order chi connectivity index (χ0) is 24.6. The first-order chi connectivity index (χ1) is 16.8. The van der Waals surface area contributed by atoms with E-state index in [1.165, 1.54) is 45.2 Å². The fraction of sp³-hybridized carbons (Fsp3) is 0.174. The van der Waals surface area contributed by atoms with Crippen LogP contribution in [0.3, 0.4) is 0 Å². The molecule has 5 rings (SSSR count). The predicted molar refractivity (Wildman–Crippen MR) is 124 cm³/mol. The third-order valence-electron chi connectivity index (χ3n) is 5.33. The maximum absolute atomic E-state index is 13.0. The molecule has 1 amide bonds. The fourth-order valence-electron chi connectivity index (χ4n) is 3.64. The van der Waals surface area contributed by atoms with Crippen LogP contribution in [-0.2, 0) is 19.3 Å². The third-order valence-corrected chi connectivity index (χ3v) is 6.36. The lowest BCUT2D eigenvalue weighted by Gasteiger charge is -2.10. The van der Waals surface area contributed by atoms with E-state index in [2.05, 4.69) is 20.4 Å². The van der Waals surface area contributed by atoms with Crippen molar-refractivity contribution >= 4 is 38.5 Å². The molecular weight excluding hydrogens is 481 g/mol. The molecule has 0 atom stereocenters. The van der Waals surface area contributed by atoms with Gasteiger partial charge in [-0.25, -0.2) is 14.6 Å².